The van der Waals surface area contributed by atoms with E-state index in [1.165, 1.54) is 17.0 Å². The summed E-state index contributed by atoms with van der Waals surface area (Å²) in [6.45, 7) is 5.21. The van der Waals surface area contributed by atoms with Crippen LogP contribution in [0.5, 0.6) is 0 Å². The summed E-state index contributed by atoms with van der Waals surface area (Å²) < 4.78 is 37.1. The molecule has 1 aromatic carbocycles. The van der Waals surface area contributed by atoms with Crippen LogP contribution in [0.2, 0.25) is 0 Å². The summed E-state index contributed by atoms with van der Waals surface area (Å²) in [6, 6.07) is 5.53. The van der Waals surface area contributed by atoms with Crippen LogP contribution < -0.4 is 10.2 Å². The number of quaternary nitrogens is 2. The van der Waals surface area contributed by atoms with Crippen LogP contribution in [0.4, 0.5) is 13.2 Å². The van der Waals surface area contributed by atoms with Crippen molar-refractivity contribution in [2.24, 2.45) is 0 Å². The summed E-state index contributed by atoms with van der Waals surface area (Å²) >= 11 is 0. The maximum Gasteiger partial charge on any atom is 0.416 e. The van der Waals surface area contributed by atoms with Crippen molar-refractivity contribution in [2.75, 3.05) is 26.2 Å². The molecule has 1 aliphatic rings. The average Bonchev–Trinajstić information content (AvgIpc) is 2.30. The van der Waals surface area contributed by atoms with Crippen molar-refractivity contribution in [1.82, 2.24) is 0 Å². The Kier molecular flexibility index (Phi) is 3.69. The Bertz CT molecular complexity index is 353. The van der Waals surface area contributed by atoms with Crippen LogP contribution in [0.15, 0.2) is 24.3 Å². The van der Waals surface area contributed by atoms with Crippen LogP contribution in [0.25, 0.3) is 0 Å². The van der Waals surface area contributed by atoms with Gasteiger partial charge >= 0.3 is 6.18 Å². The molecule has 1 aromatic rings. The largest absolute Gasteiger partial charge is 0.416 e. The predicted octanol–water partition coefficient (Wildman–Crippen LogP) is -0.333. The van der Waals surface area contributed by atoms with Gasteiger partial charge in [-0.25, -0.2) is 0 Å². The van der Waals surface area contributed by atoms with Crippen LogP contribution in [0, 0.1) is 0 Å². The maximum absolute atomic E-state index is 12.4. The molecule has 1 aliphatic heterocycles. The van der Waals surface area contributed by atoms with Crippen molar-refractivity contribution in [3.05, 3.63) is 35.4 Å². The zero-order chi connectivity index (χ0) is 12.3. The lowest BCUT2D eigenvalue weighted by atomic mass is 10.1. The average molecular weight is 246 g/mol. The number of nitrogens with one attached hydrogen (secondary N) is 1. The molecule has 0 amide bonds. The smallest absolute Gasteiger partial charge is 0.337 e. The van der Waals surface area contributed by atoms with E-state index in [2.05, 4.69) is 5.32 Å². The molecule has 0 bridgehead atoms. The monoisotopic (exact) mass is 246 g/mol. The van der Waals surface area contributed by atoms with Gasteiger partial charge in [0.15, 0.2) is 0 Å². The Morgan fingerprint density at radius 1 is 1.06 bits per heavy atom. The third-order valence-electron chi connectivity index (χ3n) is 3.14. The summed E-state index contributed by atoms with van der Waals surface area (Å²) in [5.74, 6) is 0. The molecule has 1 saturated heterocycles. The first kappa shape index (κ1) is 12.4. The fourth-order valence-electron chi connectivity index (χ4n) is 2.16. The van der Waals surface area contributed by atoms with Gasteiger partial charge in [-0.1, -0.05) is 12.1 Å². The Balaban J connectivity index is 1.98. The molecule has 0 atom stereocenters. The van der Waals surface area contributed by atoms with Crippen LogP contribution in [-0.2, 0) is 12.7 Å². The van der Waals surface area contributed by atoms with Gasteiger partial charge in [-0.05, 0) is 12.1 Å². The molecular weight excluding hydrogens is 229 g/mol. The van der Waals surface area contributed by atoms with Crippen molar-refractivity contribution >= 4 is 0 Å². The number of hydrogen-bond acceptors (Lipinski definition) is 0. The Morgan fingerprint density at radius 3 is 2.18 bits per heavy atom. The highest BCUT2D eigenvalue weighted by Crippen LogP contribution is 2.28. The minimum absolute atomic E-state index is 0.566. The molecule has 0 radical (unpaired) electrons. The second kappa shape index (κ2) is 5.06. The lowest BCUT2D eigenvalue weighted by Crippen LogP contribution is -3.19. The molecule has 0 unspecified atom stereocenters. The van der Waals surface area contributed by atoms with Crippen molar-refractivity contribution in [3.8, 4) is 0 Å². The summed E-state index contributed by atoms with van der Waals surface area (Å²) in [7, 11) is 0. The first-order chi connectivity index (χ1) is 8.05. The van der Waals surface area contributed by atoms with Gasteiger partial charge in [0.2, 0.25) is 0 Å². The van der Waals surface area contributed by atoms with E-state index < -0.39 is 11.7 Å². The van der Waals surface area contributed by atoms with Gasteiger partial charge in [-0.2, -0.15) is 13.2 Å². The second-order valence-electron chi connectivity index (χ2n) is 4.49. The van der Waals surface area contributed by atoms with Gasteiger partial charge in [0, 0.05) is 5.56 Å². The zero-order valence-electron chi connectivity index (χ0n) is 9.56. The first-order valence-corrected chi connectivity index (χ1v) is 5.87. The van der Waals surface area contributed by atoms with E-state index in [4.69, 9.17) is 0 Å². The lowest BCUT2D eigenvalue weighted by molar-refractivity contribution is -0.958. The first-order valence-electron chi connectivity index (χ1n) is 5.87. The Labute approximate surface area is 98.4 Å². The molecular formula is C12H17F3N2+2. The van der Waals surface area contributed by atoms with Crippen LogP contribution in [0.3, 0.4) is 0 Å². The molecule has 1 fully saturated rings. The van der Waals surface area contributed by atoms with Gasteiger partial charge in [0.1, 0.15) is 32.7 Å². The van der Waals surface area contributed by atoms with Gasteiger partial charge < -0.3 is 10.2 Å². The summed E-state index contributed by atoms with van der Waals surface area (Å²) in [5, 5.41) is 2.27. The SMILES string of the molecule is FC(F)(F)c1ccc(C[NH+]2CC[NH2+]CC2)cc1. The quantitative estimate of drug-likeness (QED) is 0.713. The predicted molar refractivity (Wildman–Crippen MR) is 57.5 cm³/mol. The molecule has 17 heavy (non-hydrogen) atoms. The third-order valence-corrected chi connectivity index (χ3v) is 3.14. The topological polar surface area (TPSA) is 21.1 Å². The number of nitrogens with two attached hydrogens (primary N) is 1. The Hall–Kier alpha value is -1.07. The molecule has 94 valence electrons. The fourth-order valence-corrected chi connectivity index (χ4v) is 2.16. The van der Waals surface area contributed by atoms with E-state index in [0.29, 0.717) is 0 Å². The van der Waals surface area contributed by atoms with E-state index in [-0.39, 0.29) is 0 Å². The highest BCUT2D eigenvalue weighted by molar-refractivity contribution is 5.23. The number of hydrogen-bond donors (Lipinski definition) is 2. The van der Waals surface area contributed by atoms with Crippen LogP contribution in [-0.4, -0.2) is 26.2 Å². The summed E-state index contributed by atoms with van der Waals surface area (Å²) in [4.78, 5) is 1.45. The van der Waals surface area contributed by atoms with Gasteiger partial charge in [-0.3, -0.25) is 0 Å². The minimum atomic E-state index is -4.23. The van der Waals surface area contributed by atoms with Crippen molar-refractivity contribution < 1.29 is 23.4 Å². The number of alkyl halides is 3. The van der Waals surface area contributed by atoms with E-state index >= 15 is 0 Å². The van der Waals surface area contributed by atoms with E-state index in [1.54, 1.807) is 12.1 Å². The molecule has 2 rings (SSSR count). The highest BCUT2D eigenvalue weighted by atomic mass is 19.4. The molecule has 0 spiro atoms. The molecule has 0 aromatic heterocycles. The van der Waals surface area contributed by atoms with Crippen LogP contribution in [0.1, 0.15) is 11.1 Å². The maximum atomic E-state index is 12.4. The normalized spacial score (nSPS) is 18.3. The lowest BCUT2D eigenvalue weighted by Gasteiger charge is -2.22. The third kappa shape index (κ3) is 3.44. The van der Waals surface area contributed by atoms with Gasteiger partial charge in [0.05, 0.1) is 5.56 Å². The zero-order valence-corrected chi connectivity index (χ0v) is 9.56. The molecule has 5 heteroatoms. The number of rotatable bonds is 2. The van der Waals surface area contributed by atoms with Gasteiger partial charge in [0.25, 0.3) is 0 Å². The fraction of sp³-hybridized carbons (Fsp3) is 0.500. The standard InChI is InChI=1S/C12H15F3N2/c13-12(14,15)11-3-1-10(2-4-11)9-17-7-5-16-6-8-17/h1-4,16H,5-9H2/p+2. The molecule has 3 N–H and O–H groups in total. The van der Waals surface area contributed by atoms with E-state index in [9.17, 15) is 13.2 Å². The molecule has 0 aliphatic carbocycles. The Morgan fingerprint density at radius 2 is 1.65 bits per heavy atom. The summed E-state index contributed by atoms with van der Waals surface area (Å²) in [6.07, 6.45) is -4.23. The molecule has 2 nitrogen and oxygen atoms in total. The minimum Gasteiger partial charge on any atom is -0.337 e. The molecule has 1 heterocycles. The van der Waals surface area contributed by atoms with Crippen molar-refractivity contribution in [2.45, 2.75) is 12.7 Å². The van der Waals surface area contributed by atoms with E-state index in [0.717, 1.165) is 38.3 Å². The second-order valence-corrected chi connectivity index (χ2v) is 4.49. The van der Waals surface area contributed by atoms with Crippen molar-refractivity contribution in [3.63, 3.8) is 0 Å². The number of piperazine rings is 1. The molecule has 0 saturated carbocycles. The number of halogens is 3. The van der Waals surface area contributed by atoms with E-state index in [1.807, 2.05) is 0 Å². The summed E-state index contributed by atoms with van der Waals surface area (Å²) in [5.41, 5.74) is 0.415. The van der Waals surface area contributed by atoms with Crippen molar-refractivity contribution in [1.29, 1.82) is 0 Å². The number of benzene rings is 1. The van der Waals surface area contributed by atoms with Crippen LogP contribution >= 0.6 is 0 Å². The van der Waals surface area contributed by atoms with Gasteiger partial charge in [-0.15, -0.1) is 0 Å². The highest BCUT2D eigenvalue weighted by Gasteiger charge is 2.30.